The van der Waals surface area contributed by atoms with E-state index in [0.29, 0.717) is 5.56 Å². The fraction of sp³-hybridized carbons (Fsp3) is 0.250. The molecule has 0 saturated carbocycles. The highest BCUT2D eigenvalue weighted by Gasteiger charge is 2.07. The van der Waals surface area contributed by atoms with Gasteiger partial charge in [0.25, 0.3) is 0 Å². The summed E-state index contributed by atoms with van der Waals surface area (Å²) in [6.07, 6.45) is 3.99. The highest BCUT2D eigenvalue weighted by molar-refractivity contribution is 6.30. The summed E-state index contributed by atoms with van der Waals surface area (Å²) in [7, 11) is 0. The van der Waals surface area contributed by atoms with Crippen LogP contribution in [0.25, 0.3) is 0 Å². The zero-order chi connectivity index (χ0) is 12.8. The molecular weight excluding hydrogens is 245 g/mol. The quantitative estimate of drug-likeness (QED) is 0.793. The van der Waals surface area contributed by atoms with Gasteiger partial charge in [0.15, 0.2) is 0 Å². The van der Waals surface area contributed by atoms with Crippen molar-refractivity contribution in [3.05, 3.63) is 34.6 Å². The third-order valence-corrected chi connectivity index (χ3v) is 2.32. The lowest BCUT2D eigenvalue weighted by Crippen LogP contribution is -2.32. The Morgan fingerprint density at radius 1 is 1.65 bits per heavy atom. The van der Waals surface area contributed by atoms with E-state index in [1.54, 1.807) is 0 Å². The second-order valence-corrected chi connectivity index (χ2v) is 3.82. The van der Waals surface area contributed by atoms with Gasteiger partial charge in [0.05, 0.1) is 18.0 Å². The largest absolute Gasteiger partial charge is 0.379 e. The van der Waals surface area contributed by atoms with Gasteiger partial charge in [-0.05, 0) is 17.7 Å². The highest BCUT2D eigenvalue weighted by atomic mass is 35.5. The van der Waals surface area contributed by atoms with Gasteiger partial charge in [-0.25, -0.2) is 4.39 Å². The van der Waals surface area contributed by atoms with Crippen LogP contribution in [0.3, 0.4) is 0 Å². The molecule has 5 heteroatoms. The second-order valence-electron chi connectivity index (χ2n) is 3.41. The molecule has 1 unspecified atom stereocenters. The lowest BCUT2D eigenvalue weighted by Gasteiger charge is -2.07. The standard InChI is InChI=1S/C12H11ClFNO2/c1-2-9(16)7-15-12(17)6-8-3-4-11(14)10(13)5-8/h1,3-5,9,16H,6-7H2,(H,15,17). The summed E-state index contributed by atoms with van der Waals surface area (Å²) in [5, 5.41) is 11.5. The molecule has 17 heavy (non-hydrogen) atoms. The van der Waals surface area contributed by atoms with Gasteiger partial charge in [0.2, 0.25) is 5.91 Å². The molecule has 3 nitrogen and oxygen atoms in total. The number of terminal acetylenes is 1. The molecular formula is C12H11ClFNO2. The molecule has 1 aromatic rings. The SMILES string of the molecule is C#CC(O)CNC(=O)Cc1ccc(F)c(Cl)c1. The highest BCUT2D eigenvalue weighted by Crippen LogP contribution is 2.16. The number of carbonyl (C=O) groups excluding carboxylic acids is 1. The Balaban J connectivity index is 2.51. The number of halogens is 2. The van der Waals surface area contributed by atoms with Crippen LogP contribution < -0.4 is 5.32 Å². The Morgan fingerprint density at radius 3 is 2.94 bits per heavy atom. The summed E-state index contributed by atoms with van der Waals surface area (Å²) in [6, 6.07) is 4.05. The fourth-order valence-corrected chi connectivity index (χ4v) is 1.37. The minimum atomic E-state index is -1.00. The number of hydrogen-bond acceptors (Lipinski definition) is 2. The molecule has 0 saturated heterocycles. The predicted molar refractivity (Wildman–Crippen MR) is 63.0 cm³/mol. The van der Waals surface area contributed by atoms with E-state index in [4.69, 9.17) is 23.1 Å². The van der Waals surface area contributed by atoms with Gasteiger partial charge in [0.1, 0.15) is 11.9 Å². The van der Waals surface area contributed by atoms with Gasteiger partial charge < -0.3 is 10.4 Å². The van der Waals surface area contributed by atoms with Gasteiger partial charge in [0, 0.05) is 0 Å². The van der Waals surface area contributed by atoms with Crippen LogP contribution in [-0.2, 0) is 11.2 Å². The molecule has 90 valence electrons. The molecule has 1 aromatic carbocycles. The van der Waals surface area contributed by atoms with Crippen molar-refractivity contribution in [2.45, 2.75) is 12.5 Å². The molecule has 0 radical (unpaired) electrons. The maximum Gasteiger partial charge on any atom is 0.224 e. The molecule has 0 fully saturated rings. The number of rotatable bonds is 4. The number of aliphatic hydroxyl groups is 1. The molecule has 1 atom stereocenters. The number of carbonyl (C=O) groups is 1. The van der Waals surface area contributed by atoms with E-state index in [1.165, 1.54) is 18.2 Å². The molecule has 0 aromatic heterocycles. The van der Waals surface area contributed by atoms with Crippen molar-refractivity contribution >= 4 is 17.5 Å². The van der Waals surface area contributed by atoms with Gasteiger partial charge in [-0.2, -0.15) is 0 Å². The third-order valence-electron chi connectivity index (χ3n) is 2.03. The van der Waals surface area contributed by atoms with Crippen LogP contribution in [0.5, 0.6) is 0 Å². The summed E-state index contributed by atoms with van der Waals surface area (Å²) >= 11 is 5.57. The van der Waals surface area contributed by atoms with Gasteiger partial charge >= 0.3 is 0 Å². The Labute approximate surface area is 104 Å². The Bertz CT molecular complexity index is 456. The van der Waals surface area contributed by atoms with Crippen molar-refractivity contribution in [2.24, 2.45) is 0 Å². The summed E-state index contributed by atoms with van der Waals surface area (Å²) in [4.78, 5) is 11.4. The van der Waals surface area contributed by atoms with E-state index in [0.717, 1.165) is 0 Å². The zero-order valence-corrected chi connectivity index (χ0v) is 9.67. The van der Waals surface area contributed by atoms with Crippen LogP contribution in [0.2, 0.25) is 5.02 Å². The molecule has 0 bridgehead atoms. The zero-order valence-electron chi connectivity index (χ0n) is 8.91. The molecule has 0 aliphatic carbocycles. The number of benzene rings is 1. The Kier molecular flexibility index (Phi) is 4.95. The van der Waals surface area contributed by atoms with E-state index < -0.39 is 11.9 Å². The first-order chi connectivity index (χ1) is 8.02. The van der Waals surface area contributed by atoms with Crippen LogP contribution in [0.4, 0.5) is 4.39 Å². The molecule has 0 heterocycles. The first kappa shape index (κ1) is 13.5. The van der Waals surface area contributed by atoms with Crippen LogP contribution in [0.15, 0.2) is 18.2 Å². The lowest BCUT2D eigenvalue weighted by atomic mass is 10.1. The minimum Gasteiger partial charge on any atom is -0.379 e. The molecule has 0 aliphatic heterocycles. The van der Waals surface area contributed by atoms with Crippen LogP contribution in [0.1, 0.15) is 5.56 Å². The monoisotopic (exact) mass is 255 g/mol. The van der Waals surface area contributed by atoms with Crippen molar-refractivity contribution in [3.8, 4) is 12.3 Å². The van der Waals surface area contributed by atoms with Crippen LogP contribution in [-0.4, -0.2) is 23.7 Å². The smallest absolute Gasteiger partial charge is 0.224 e. The number of nitrogens with one attached hydrogen (secondary N) is 1. The van der Waals surface area contributed by atoms with Crippen LogP contribution >= 0.6 is 11.6 Å². The van der Waals surface area contributed by atoms with Gasteiger partial charge in [-0.1, -0.05) is 23.6 Å². The number of hydrogen-bond donors (Lipinski definition) is 2. The summed E-state index contributed by atoms with van der Waals surface area (Å²) < 4.78 is 12.8. The molecule has 1 rings (SSSR count). The first-order valence-corrected chi connectivity index (χ1v) is 5.25. The molecule has 0 aliphatic rings. The topological polar surface area (TPSA) is 49.3 Å². The van der Waals surface area contributed by atoms with E-state index in [2.05, 4.69) is 11.2 Å². The van der Waals surface area contributed by atoms with E-state index in [-0.39, 0.29) is 23.9 Å². The molecule has 2 N–H and O–H groups in total. The summed E-state index contributed by atoms with van der Waals surface area (Å²) in [6.45, 7) is -0.00966. The second kappa shape index (κ2) is 6.24. The van der Waals surface area contributed by atoms with Crippen molar-refractivity contribution < 1.29 is 14.3 Å². The number of amides is 1. The first-order valence-electron chi connectivity index (χ1n) is 4.87. The fourth-order valence-electron chi connectivity index (χ4n) is 1.17. The molecule has 1 amide bonds. The van der Waals surface area contributed by atoms with Crippen molar-refractivity contribution in [3.63, 3.8) is 0 Å². The Hall–Kier alpha value is -1.57. The van der Waals surface area contributed by atoms with Crippen molar-refractivity contribution in [2.75, 3.05) is 6.54 Å². The van der Waals surface area contributed by atoms with Gasteiger partial charge in [-0.15, -0.1) is 6.42 Å². The normalized spacial score (nSPS) is 11.6. The van der Waals surface area contributed by atoms with E-state index in [9.17, 15) is 9.18 Å². The average molecular weight is 256 g/mol. The molecule has 0 spiro atoms. The average Bonchev–Trinajstić information content (AvgIpc) is 2.31. The number of aliphatic hydroxyl groups excluding tert-OH is 1. The predicted octanol–water partition coefficient (Wildman–Crippen LogP) is 1.13. The lowest BCUT2D eigenvalue weighted by molar-refractivity contribution is -0.120. The third kappa shape index (κ3) is 4.43. The van der Waals surface area contributed by atoms with Crippen LogP contribution in [0, 0.1) is 18.2 Å². The van der Waals surface area contributed by atoms with Crippen molar-refractivity contribution in [1.29, 1.82) is 0 Å². The summed E-state index contributed by atoms with van der Waals surface area (Å²) in [5.74, 6) is 1.22. The Morgan fingerprint density at radius 2 is 2.35 bits per heavy atom. The maximum absolute atomic E-state index is 12.8. The summed E-state index contributed by atoms with van der Waals surface area (Å²) in [5.41, 5.74) is 0.587. The van der Waals surface area contributed by atoms with E-state index in [1.807, 2.05) is 0 Å². The van der Waals surface area contributed by atoms with E-state index >= 15 is 0 Å². The van der Waals surface area contributed by atoms with Crippen molar-refractivity contribution in [1.82, 2.24) is 5.32 Å². The minimum absolute atomic E-state index is 0.00966. The van der Waals surface area contributed by atoms with Gasteiger partial charge in [-0.3, -0.25) is 4.79 Å². The maximum atomic E-state index is 12.8.